The van der Waals surface area contributed by atoms with E-state index in [-0.39, 0.29) is 36.3 Å². The lowest BCUT2D eigenvalue weighted by Gasteiger charge is -2.49. The predicted molar refractivity (Wildman–Crippen MR) is 194 cm³/mol. The SMILES string of the molecule is O=C1CCC(N2C(=O)c3ccc(N4CC(N5CCN(c6ccc([C@H]7c8ccc(O)cc8OC[C@H]7c7ccccc7)cc6)CC5)C4)cc3C2=O)C(=O)N1. The molecule has 3 fully saturated rings. The zero-order valence-electron chi connectivity index (χ0n) is 28.6. The molecule has 0 aromatic heterocycles. The number of amides is 4. The van der Waals surface area contributed by atoms with Gasteiger partial charge in [0.15, 0.2) is 0 Å². The molecule has 4 aromatic rings. The summed E-state index contributed by atoms with van der Waals surface area (Å²) >= 11 is 0. The Labute approximate surface area is 301 Å². The fourth-order valence-electron chi connectivity index (χ4n) is 8.59. The fraction of sp³-hybridized carbons (Fsp3) is 0.317. The Morgan fingerprint density at radius 2 is 1.44 bits per heavy atom. The number of piperidine rings is 1. The van der Waals surface area contributed by atoms with Crippen LogP contribution in [0.4, 0.5) is 11.4 Å². The molecule has 3 atom stereocenters. The number of nitrogens with zero attached hydrogens (tertiary/aromatic N) is 4. The standard InChI is InChI=1S/C41H39N5O6/c47-30-11-13-32-36(21-30)52-24-34(25-4-2-1-3-5-25)38(32)26-6-8-27(9-7-26)43-16-18-44(19-17-43)29-22-45(23-29)28-10-12-31-33(20-28)41(51)46(40(31)50)35-14-15-37(48)42-39(35)49/h1-13,20-21,29,34-35,38,47H,14-19,22-24H2,(H,42,48,49)/t34-,35?,38-/m0/s1. The second-order valence-corrected chi connectivity index (χ2v) is 14.4. The van der Waals surface area contributed by atoms with E-state index in [4.69, 9.17) is 4.74 Å². The number of carbonyl (C=O) groups excluding carboxylic acids is 4. The van der Waals surface area contributed by atoms with Crippen LogP contribution in [0, 0.1) is 0 Å². The van der Waals surface area contributed by atoms with Gasteiger partial charge in [0.25, 0.3) is 11.8 Å². The third-order valence-electron chi connectivity index (χ3n) is 11.5. The van der Waals surface area contributed by atoms with Gasteiger partial charge in [-0.1, -0.05) is 48.5 Å². The van der Waals surface area contributed by atoms with Gasteiger partial charge in [0.1, 0.15) is 17.5 Å². The number of nitrogens with one attached hydrogen (secondary N) is 1. The molecule has 1 unspecified atom stereocenters. The molecule has 9 rings (SSSR count). The average Bonchev–Trinajstić information content (AvgIpc) is 3.39. The van der Waals surface area contributed by atoms with Gasteiger partial charge >= 0.3 is 0 Å². The number of carbonyl (C=O) groups is 4. The third-order valence-corrected chi connectivity index (χ3v) is 11.5. The van der Waals surface area contributed by atoms with Gasteiger partial charge in [-0.25, -0.2) is 0 Å². The number of fused-ring (bicyclic) bond motifs is 2. The highest BCUT2D eigenvalue weighted by atomic mass is 16.5. The summed E-state index contributed by atoms with van der Waals surface area (Å²) in [6.45, 7) is 5.96. The van der Waals surface area contributed by atoms with Crippen LogP contribution in [0.5, 0.6) is 11.5 Å². The first-order valence-electron chi connectivity index (χ1n) is 18.0. The highest BCUT2D eigenvalue weighted by Gasteiger charge is 2.45. The second kappa shape index (κ2) is 12.8. The summed E-state index contributed by atoms with van der Waals surface area (Å²) < 4.78 is 6.15. The van der Waals surface area contributed by atoms with Crippen molar-refractivity contribution in [2.24, 2.45) is 0 Å². The van der Waals surface area contributed by atoms with Crippen molar-refractivity contribution >= 4 is 35.0 Å². The highest BCUT2D eigenvalue weighted by Crippen LogP contribution is 2.47. The molecule has 3 saturated heterocycles. The molecule has 5 aliphatic heterocycles. The van der Waals surface area contributed by atoms with Crippen LogP contribution in [0.3, 0.4) is 0 Å². The molecule has 0 radical (unpaired) electrons. The molecular formula is C41H39N5O6. The Hall–Kier alpha value is -5.68. The molecule has 5 heterocycles. The number of piperazine rings is 1. The van der Waals surface area contributed by atoms with Gasteiger partial charge in [0.05, 0.1) is 17.7 Å². The molecule has 11 nitrogen and oxygen atoms in total. The Kier molecular flexibility index (Phi) is 7.95. The zero-order valence-corrected chi connectivity index (χ0v) is 28.6. The molecule has 4 aromatic carbocycles. The van der Waals surface area contributed by atoms with E-state index in [9.17, 15) is 24.3 Å². The number of phenolic OH excluding ortho intramolecular Hbond substituents is 1. The van der Waals surface area contributed by atoms with Gasteiger partial charge in [0, 0.05) is 86.6 Å². The number of hydrogen-bond acceptors (Lipinski definition) is 9. The number of phenols is 1. The summed E-state index contributed by atoms with van der Waals surface area (Å²) in [4.78, 5) is 58.6. The van der Waals surface area contributed by atoms with Crippen LogP contribution in [0.1, 0.15) is 62.1 Å². The summed E-state index contributed by atoms with van der Waals surface area (Å²) in [6, 6.07) is 29.7. The van der Waals surface area contributed by atoms with Crippen molar-refractivity contribution in [2.45, 2.75) is 36.8 Å². The van der Waals surface area contributed by atoms with E-state index in [1.54, 1.807) is 24.3 Å². The zero-order chi connectivity index (χ0) is 35.5. The molecule has 264 valence electrons. The van der Waals surface area contributed by atoms with Crippen LogP contribution in [0.25, 0.3) is 0 Å². The molecule has 0 saturated carbocycles. The molecule has 52 heavy (non-hydrogen) atoms. The number of hydrogen-bond donors (Lipinski definition) is 2. The number of anilines is 2. The number of benzene rings is 4. The topological polar surface area (TPSA) is 123 Å². The van der Waals surface area contributed by atoms with Crippen molar-refractivity contribution < 1.29 is 29.0 Å². The van der Waals surface area contributed by atoms with E-state index in [1.165, 1.54) is 16.8 Å². The van der Waals surface area contributed by atoms with Gasteiger partial charge < -0.3 is 19.6 Å². The lowest BCUT2D eigenvalue weighted by Crippen LogP contribution is -2.63. The van der Waals surface area contributed by atoms with Crippen molar-refractivity contribution in [2.75, 3.05) is 55.7 Å². The first-order valence-corrected chi connectivity index (χ1v) is 18.0. The van der Waals surface area contributed by atoms with Crippen LogP contribution in [0.2, 0.25) is 0 Å². The van der Waals surface area contributed by atoms with Crippen molar-refractivity contribution in [1.29, 1.82) is 0 Å². The summed E-state index contributed by atoms with van der Waals surface area (Å²) in [6.07, 6.45) is 0.238. The van der Waals surface area contributed by atoms with E-state index in [2.05, 4.69) is 68.5 Å². The largest absolute Gasteiger partial charge is 0.508 e. The maximum absolute atomic E-state index is 13.3. The van der Waals surface area contributed by atoms with E-state index in [0.29, 0.717) is 23.8 Å². The predicted octanol–water partition coefficient (Wildman–Crippen LogP) is 4.11. The number of rotatable bonds is 6. The minimum Gasteiger partial charge on any atom is -0.508 e. The van der Waals surface area contributed by atoms with Crippen LogP contribution in [-0.2, 0) is 9.59 Å². The molecule has 0 spiro atoms. The molecule has 5 aliphatic rings. The Morgan fingerprint density at radius 1 is 0.712 bits per heavy atom. The highest BCUT2D eigenvalue weighted by molar-refractivity contribution is 6.23. The Balaban J connectivity index is 0.826. The van der Waals surface area contributed by atoms with Crippen molar-refractivity contribution in [1.82, 2.24) is 15.1 Å². The summed E-state index contributed by atoms with van der Waals surface area (Å²) in [7, 11) is 0. The van der Waals surface area contributed by atoms with Gasteiger partial charge in [-0.05, 0) is 53.9 Å². The van der Waals surface area contributed by atoms with Gasteiger partial charge in [-0.2, -0.15) is 0 Å². The molecule has 0 aliphatic carbocycles. The van der Waals surface area contributed by atoms with Gasteiger partial charge in [-0.15, -0.1) is 0 Å². The molecule has 4 amide bonds. The molecule has 0 bridgehead atoms. The average molecular weight is 698 g/mol. The molecule has 11 heteroatoms. The Morgan fingerprint density at radius 3 is 2.19 bits per heavy atom. The number of ether oxygens (including phenoxy) is 1. The maximum Gasteiger partial charge on any atom is 0.262 e. The van der Waals surface area contributed by atoms with E-state index < -0.39 is 23.8 Å². The quantitative estimate of drug-likeness (QED) is 0.287. The van der Waals surface area contributed by atoms with Crippen LogP contribution >= 0.6 is 0 Å². The van der Waals surface area contributed by atoms with Crippen molar-refractivity contribution in [3.8, 4) is 11.5 Å². The van der Waals surface area contributed by atoms with Crippen LogP contribution in [-0.4, -0.2) is 96.5 Å². The maximum atomic E-state index is 13.3. The minimum atomic E-state index is -0.966. The van der Waals surface area contributed by atoms with Crippen molar-refractivity contribution in [3.05, 3.63) is 119 Å². The lowest BCUT2D eigenvalue weighted by molar-refractivity contribution is -0.136. The van der Waals surface area contributed by atoms with Crippen LogP contribution < -0.4 is 19.9 Å². The first kappa shape index (κ1) is 32.2. The second-order valence-electron chi connectivity index (χ2n) is 14.4. The Bertz CT molecular complexity index is 2070. The van der Waals surface area contributed by atoms with Gasteiger partial charge in [0.2, 0.25) is 11.8 Å². The fourth-order valence-corrected chi connectivity index (χ4v) is 8.59. The smallest absolute Gasteiger partial charge is 0.262 e. The van der Waals surface area contributed by atoms with Crippen molar-refractivity contribution in [3.63, 3.8) is 0 Å². The number of imide groups is 2. The summed E-state index contributed by atoms with van der Waals surface area (Å²) in [5.41, 5.74) is 6.25. The summed E-state index contributed by atoms with van der Waals surface area (Å²) in [5.74, 6) is -0.751. The molecule has 2 N–H and O–H groups in total. The number of aromatic hydroxyl groups is 1. The third kappa shape index (κ3) is 5.56. The summed E-state index contributed by atoms with van der Waals surface area (Å²) in [5, 5.41) is 12.4. The van der Waals surface area contributed by atoms with Gasteiger partial charge in [-0.3, -0.25) is 34.3 Å². The first-order chi connectivity index (χ1) is 25.3. The minimum absolute atomic E-state index is 0.0969. The van der Waals surface area contributed by atoms with E-state index in [0.717, 1.165) is 61.2 Å². The normalized spacial score (nSPS) is 23.5. The monoisotopic (exact) mass is 697 g/mol. The molecular weight excluding hydrogens is 658 g/mol. The van der Waals surface area contributed by atoms with E-state index in [1.807, 2.05) is 18.2 Å². The van der Waals surface area contributed by atoms with E-state index >= 15 is 0 Å². The lowest BCUT2D eigenvalue weighted by atomic mass is 9.76. The van der Waals surface area contributed by atoms with Crippen LogP contribution in [0.15, 0.2) is 91.0 Å².